The zero-order valence-corrected chi connectivity index (χ0v) is 13.7. The van der Waals surface area contributed by atoms with Crippen molar-refractivity contribution in [3.63, 3.8) is 0 Å². The average Bonchev–Trinajstić information content (AvgIpc) is 2.63. The molecule has 126 valence electrons. The lowest BCUT2D eigenvalue weighted by Gasteiger charge is -2.15. The van der Waals surface area contributed by atoms with E-state index in [-0.39, 0.29) is 12.2 Å². The molecule has 0 aliphatic heterocycles. The highest BCUT2D eigenvalue weighted by molar-refractivity contribution is 5.99. The van der Waals surface area contributed by atoms with Crippen molar-refractivity contribution in [2.45, 2.75) is 6.92 Å². The van der Waals surface area contributed by atoms with Crippen LogP contribution in [0.15, 0.2) is 71.5 Å². The Balaban J connectivity index is 2.31. The number of hydrogen-bond donors (Lipinski definition) is 1. The van der Waals surface area contributed by atoms with Crippen molar-refractivity contribution < 1.29 is 14.6 Å². The second-order valence-corrected chi connectivity index (χ2v) is 5.35. The molecule has 25 heavy (non-hydrogen) atoms. The van der Waals surface area contributed by atoms with Crippen molar-refractivity contribution in [2.24, 2.45) is 0 Å². The van der Waals surface area contributed by atoms with E-state index in [1.165, 1.54) is 6.07 Å². The fourth-order valence-electron chi connectivity index (χ4n) is 2.67. The summed E-state index contributed by atoms with van der Waals surface area (Å²) in [6.07, 6.45) is 0. The van der Waals surface area contributed by atoms with Crippen LogP contribution >= 0.6 is 0 Å². The van der Waals surface area contributed by atoms with Gasteiger partial charge in [-0.15, -0.1) is 0 Å². The van der Waals surface area contributed by atoms with E-state index < -0.39 is 17.4 Å². The van der Waals surface area contributed by atoms with E-state index in [0.29, 0.717) is 16.8 Å². The maximum absolute atomic E-state index is 12.6. The maximum Gasteiger partial charge on any atom is 0.344 e. The summed E-state index contributed by atoms with van der Waals surface area (Å²) in [6.45, 7) is 1.85. The van der Waals surface area contributed by atoms with Gasteiger partial charge in [-0.2, -0.15) is 0 Å². The molecule has 0 amide bonds. The lowest BCUT2D eigenvalue weighted by atomic mass is 10.0. The van der Waals surface area contributed by atoms with Crippen molar-refractivity contribution >= 4 is 5.97 Å². The first-order valence-electron chi connectivity index (χ1n) is 7.90. The molecule has 0 fully saturated rings. The number of para-hydroxylation sites is 1. The van der Waals surface area contributed by atoms with Gasteiger partial charge in [0, 0.05) is 11.6 Å². The van der Waals surface area contributed by atoms with Crippen LogP contribution in [0.25, 0.3) is 16.8 Å². The second kappa shape index (κ2) is 7.05. The van der Waals surface area contributed by atoms with Crippen molar-refractivity contribution in [3.05, 3.63) is 82.6 Å². The number of rotatable bonds is 4. The Labute approximate surface area is 144 Å². The van der Waals surface area contributed by atoms with Crippen LogP contribution in [0.3, 0.4) is 0 Å². The summed E-state index contributed by atoms with van der Waals surface area (Å²) >= 11 is 0. The summed E-state index contributed by atoms with van der Waals surface area (Å²) in [7, 11) is 0. The number of carbonyl (C=O) groups excluding carboxylic acids is 1. The molecule has 5 heteroatoms. The molecule has 0 bridgehead atoms. The van der Waals surface area contributed by atoms with Crippen molar-refractivity contribution in [1.82, 2.24) is 4.57 Å². The Hall–Kier alpha value is -3.34. The van der Waals surface area contributed by atoms with Gasteiger partial charge in [-0.1, -0.05) is 48.5 Å². The predicted molar refractivity (Wildman–Crippen MR) is 95.1 cm³/mol. The molecule has 0 saturated heterocycles. The quantitative estimate of drug-likeness (QED) is 0.742. The second-order valence-electron chi connectivity index (χ2n) is 5.35. The lowest BCUT2D eigenvalue weighted by Crippen LogP contribution is -2.21. The number of ether oxygens (including phenoxy) is 1. The van der Waals surface area contributed by atoms with Crippen LogP contribution in [-0.4, -0.2) is 22.2 Å². The van der Waals surface area contributed by atoms with Crippen LogP contribution in [0.4, 0.5) is 0 Å². The van der Waals surface area contributed by atoms with E-state index >= 15 is 0 Å². The molecule has 1 heterocycles. The Kier molecular flexibility index (Phi) is 4.66. The summed E-state index contributed by atoms with van der Waals surface area (Å²) in [5, 5.41) is 10.7. The van der Waals surface area contributed by atoms with E-state index in [1.807, 2.05) is 6.07 Å². The van der Waals surface area contributed by atoms with Gasteiger partial charge < -0.3 is 9.84 Å². The molecule has 0 unspecified atom stereocenters. The fourth-order valence-corrected chi connectivity index (χ4v) is 2.67. The molecule has 0 aliphatic carbocycles. The van der Waals surface area contributed by atoms with Crippen LogP contribution in [-0.2, 0) is 4.74 Å². The lowest BCUT2D eigenvalue weighted by molar-refractivity contribution is 0.0522. The molecule has 3 aromatic rings. The predicted octanol–water partition coefficient (Wildman–Crippen LogP) is 3.39. The average molecular weight is 335 g/mol. The molecule has 5 nitrogen and oxygen atoms in total. The van der Waals surface area contributed by atoms with E-state index in [9.17, 15) is 14.7 Å². The largest absolute Gasteiger partial charge is 0.493 e. The highest BCUT2D eigenvalue weighted by Gasteiger charge is 2.24. The van der Waals surface area contributed by atoms with Crippen LogP contribution in [0, 0.1) is 0 Å². The van der Waals surface area contributed by atoms with Crippen LogP contribution < -0.4 is 5.56 Å². The zero-order chi connectivity index (χ0) is 17.8. The molecular formula is C20H17NO4. The third-order valence-corrected chi connectivity index (χ3v) is 3.77. The van der Waals surface area contributed by atoms with Crippen molar-refractivity contribution in [3.8, 4) is 22.7 Å². The highest BCUT2D eigenvalue weighted by Crippen LogP contribution is 2.30. The Morgan fingerprint density at radius 2 is 1.64 bits per heavy atom. The number of aromatic hydroxyl groups is 1. The van der Waals surface area contributed by atoms with Crippen LogP contribution in [0.2, 0.25) is 0 Å². The maximum atomic E-state index is 12.6. The Morgan fingerprint density at radius 3 is 2.24 bits per heavy atom. The molecule has 0 spiro atoms. The van der Waals surface area contributed by atoms with Gasteiger partial charge >= 0.3 is 5.97 Å². The third kappa shape index (κ3) is 3.17. The molecule has 1 aromatic heterocycles. The minimum absolute atomic E-state index is 0.0310. The van der Waals surface area contributed by atoms with E-state index in [0.717, 1.165) is 4.57 Å². The molecule has 0 atom stereocenters. The van der Waals surface area contributed by atoms with Gasteiger partial charge in [-0.25, -0.2) is 9.36 Å². The standard InChI is InChI=1S/C20H17NO4/c1-2-25-20(24)18-16(14-9-5-3-6-10-14)13-17(22)21(19(18)23)15-11-7-4-8-12-15/h3-13,23H,2H2,1H3. The number of benzene rings is 2. The first kappa shape index (κ1) is 16.5. The molecule has 0 radical (unpaired) electrons. The summed E-state index contributed by atoms with van der Waals surface area (Å²) < 4.78 is 6.18. The number of carbonyl (C=O) groups is 1. The first-order valence-corrected chi connectivity index (χ1v) is 7.90. The van der Waals surface area contributed by atoms with Gasteiger partial charge in [0.15, 0.2) is 0 Å². The Morgan fingerprint density at radius 1 is 1.04 bits per heavy atom. The summed E-state index contributed by atoms with van der Waals surface area (Å²) in [6, 6.07) is 19.0. The van der Waals surface area contributed by atoms with Gasteiger partial charge in [0.25, 0.3) is 5.56 Å². The number of aromatic nitrogens is 1. The molecule has 2 aromatic carbocycles. The van der Waals surface area contributed by atoms with E-state index in [1.54, 1.807) is 61.5 Å². The SMILES string of the molecule is CCOC(=O)c1c(-c2ccccc2)cc(=O)n(-c2ccccc2)c1O. The van der Waals surface area contributed by atoms with Crippen LogP contribution in [0.1, 0.15) is 17.3 Å². The third-order valence-electron chi connectivity index (χ3n) is 3.77. The summed E-state index contributed by atoms with van der Waals surface area (Å²) in [5.41, 5.74) is 0.995. The number of pyridine rings is 1. The molecular weight excluding hydrogens is 318 g/mol. The minimum Gasteiger partial charge on any atom is -0.493 e. The molecule has 0 aliphatic rings. The van der Waals surface area contributed by atoms with Gasteiger partial charge in [-0.3, -0.25) is 4.79 Å². The minimum atomic E-state index is -0.677. The number of nitrogens with zero attached hydrogens (tertiary/aromatic N) is 1. The number of hydrogen-bond acceptors (Lipinski definition) is 4. The zero-order valence-electron chi connectivity index (χ0n) is 13.7. The van der Waals surface area contributed by atoms with Crippen molar-refractivity contribution in [2.75, 3.05) is 6.61 Å². The monoisotopic (exact) mass is 335 g/mol. The van der Waals surface area contributed by atoms with E-state index in [4.69, 9.17) is 4.74 Å². The fraction of sp³-hybridized carbons (Fsp3) is 0.100. The molecule has 1 N–H and O–H groups in total. The Bertz CT molecular complexity index is 947. The molecule has 3 rings (SSSR count). The van der Waals surface area contributed by atoms with Gasteiger partial charge in [0.05, 0.1) is 12.3 Å². The van der Waals surface area contributed by atoms with Crippen molar-refractivity contribution in [1.29, 1.82) is 0 Å². The smallest absolute Gasteiger partial charge is 0.344 e. The summed E-state index contributed by atoms with van der Waals surface area (Å²) in [5.74, 6) is -1.11. The number of esters is 1. The topological polar surface area (TPSA) is 68.5 Å². The van der Waals surface area contributed by atoms with Crippen LogP contribution in [0.5, 0.6) is 5.88 Å². The van der Waals surface area contributed by atoms with Gasteiger partial charge in [-0.05, 0) is 24.6 Å². The van der Waals surface area contributed by atoms with Gasteiger partial charge in [0.2, 0.25) is 5.88 Å². The molecule has 0 saturated carbocycles. The highest BCUT2D eigenvalue weighted by atomic mass is 16.5. The normalized spacial score (nSPS) is 10.4. The first-order chi connectivity index (χ1) is 12.1. The van der Waals surface area contributed by atoms with Gasteiger partial charge in [0.1, 0.15) is 5.56 Å². The summed E-state index contributed by atoms with van der Waals surface area (Å²) in [4.78, 5) is 25.1. The van der Waals surface area contributed by atoms with E-state index in [2.05, 4.69) is 0 Å².